The van der Waals surface area contributed by atoms with Gasteiger partial charge in [0, 0.05) is 29.3 Å². The van der Waals surface area contributed by atoms with E-state index in [9.17, 15) is 15.2 Å². The van der Waals surface area contributed by atoms with Crippen molar-refractivity contribution < 1.29 is 14.6 Å². The van der Waals surface area contributed by atoms with Crippen molar-refractivity contribution in [3.63, 3.8) is 0 Å². The van der Waals surface area contributed by atoms with Gasteiger partial charge < -0.3 is 9.84 Å². The molecule has 130 valence electrons. The average molecular weight is 338 g/mol. The van der Waals surface area contributed by atoms with Crippen LogP contribution < -0.4 is 4.74 Å². The summed E-state index contributed by atoms with van der Waals surface area (Å²) in [6.45, 7) is 5.97. The first kappa shape index (κ1) is 17.2. The highest BCUT2D eigenvalue weighted by atomic mass is 16.5. The maximum atomic E-state index is 12.9. The van der Waals surface area contributed by atoms with Gasteiger partial charge in [-0.15, -0.1) is 0 Å². The van der Waals surface area contributed by atoms with Gasteiger partial charge >= 0.3 is 0 Å². The van der Waals surface area contributed by atoms with Crippen LogP contribution in [0.4, 0.5) is 0 Å². The summed E-state index contributed by atoms with van der Waals surface area (Å²) in [5.41, 5.74) is 2.82. The molecule has 5 nitrogen and oxygen atoms in total. The van der Waals surface area contributed by atoms with Gasteiger partial charge in [-0.2, -0.15) is 5.26 Å². The third kappa shape index (κ3) is 2.93. The third-order valence-electron chi connectivity index (χ3n) is 5.00. The summed E-state index contributed by atoms with van der Waals surface area (Å²) < 4.78 is 5.20. The summed E-state index contributed by atoms with van der Waals surface area (Å²) >= 11 is 0. The van der Waals surface area contributed by atoms with E-state index < -0.39 is 5.92 Å². The summed E-state index contributed by atoms with van der Waals surface area (Å²) in [6, 6.07) is 7.31. The van der Waals surface area contributed by atoms with Crippen LogP contribution in [0.25, 0.3) is 0 Å². The molecule has 0 amide bonds. The summed E-state index contributed by atoms with van der Waals surface area (Å²) in [4.78, 5) is 17.5. The third-order valence-corrected chi connectivity index (χ3v) is 5.00. The lowest BCUT2D eigenvalue weighted by Gasteiger charge is -2.38. The van der Waals surface area contributed by atoms with Crippen LogP contribution in [0.1, 0.15) is 45.1 Å². The predicted octanol–water partition coefficient (Wildman–Crippen LogP) is 3.74. The van der Waals surface area contributed by atoms with E-state index in [0.717, 1.165) is 23.4 Å². The molecular formula is C20H22N2O3. The Kier molecular flexibility index (Phi) is 4.16. The van der Waals surface area contributed by atoms with E-state index in [4.69, 9.17) is 4.74 Å². The van der Waals surface area contributed by atoms with Crippen LogP contribution in [0.3, 0.4) is 0 Å². The maximum Gasteiger partial charge on any atom is 0.161 e. The number of nitriles is 1. The molecule has 2 aliphatic rings. The summed E-state index contributed by atoms with van der Waals surface area (Å²) in [5, 5.41) is 19.6. The quantitative estimate of drug-likeness (QED) is 0.890. The molecule has 25 heavy (non-hydrogen) atoms. The van der Waals surface area contributed by atoms with Crippen molar-refractivity contribution in [1.29, 1.82) is 5.26 Å². The van der Waals surface area contributed by atoms with E-state index in [0.29, 0.717) is 17.7 Å². The maximum absolute atomic E-state index is 12.9. The molecule has 1 aromatic rings. The highest BCUT2D eigenvalue weighted by Crippen LogP contribution is 2.48. The van der Waals surface area contributed by atoms with Crippen LogP contribution >= 0.6 is 0 Å². The Hall–Kier alpha value is -2.61. The second-order valence-electron chi connectivity index (χ2n) is 7.57. The molecule has 0 saturated heterocycles. The fourth-order valence-electron chi connectivity index (χ4n) is 3.86. The number of Topliss-reactive ketones (excluding diaryl/α,β-unsaturated/α-hetero) is 1. The predicted molar refractivity (Wildman–Crippen MR) is 94.7 cm³/mol. The largest absolute Gasteiger partial charge is 0.504 e. The number of hydrogen-bond donors (Lipinski definition) is 1. The minimum atomic E-state index is -0.502. The highest BCUT2D eigenvalue weighted by molar-refractivity contribution is 6.03. The fourth-order valence-corrected chi connectivity index (χ4v) is 3.86. The number of hydrogen-bond acceptors (Lipinski definition) is 5. The SMILES string of the molecule is COc1cc([C@@H]2C3=C(CC(C)(C)CC3=O)N=C(C)C2C#N)ccc1O. The number of rotatable bonds is 2. The van der Waals surface area contributed by atoms with Crippen LogP contribution in [0.2, 0.25) is 0 Å². The Bertz CT molecular complexity index is 843. The van der Waals surface area contributed by atoms with Crippen molar-refractivity contribution in [3.05, 3.63) is 35.0 Å². The van der Waals surface area contributed by atoms with Gasteiger partial charge in [0.25, 0.3) is 0 Å². The molecule has 1 heterocycles. The van der Waals surface area contributed by atoms with Crippen molar-refractivity contribution in [1.82, 2.24) is 0 Å². The van der Waals surface area contributed by atoms with Gasteiger partial charge in [-0.05, 0) is 36.5 Å². The topological polar surface area (TPSA) is 82.7 Å². The summed E-state index contributed by atoms with van der Waals surface area (Å²) in [6.07, 6.45) is 1.17. The Labute approximate surface area is 147 Å². The van der Waals surface area contributed by atoms with Gasteiger partial charge in [0.05, 0.1) is 19.1 Å². The molecular weight excluding hydrogens is 316 g/mol. The molecule has 5 heteroatoms. The van der Waals surface area contributed by atoms with Gasteiger partial charge in [-0.3, -0.25) is 9.79 Å². The molecule has 0 bridgehead atoms. The number of phenols is 1. The van der Waals surface area contributed by atoms with Crippen molar-refractivity contribution in [2.75, 3.05) is 7.11 Å². The van der Waals surface area contributed by atoms with Gasteiger partial charge in [-0.1, -0.05) is 19.9 Å². The number of benzene rings is 1. The highest BCUT2D eigenvalue weighted by Gasteiger charge is 2.43. The molecule has 1 aromatic carbocycles. The monoisotopic (exact) mass is 338 g/mol. The second-order valence-corrected chi connectivity index (χ2v) is 7.57. The fraction of sp³-hybridized carbons (Fsp3) is 0.450. The van der Waals surface area contributed by atoms with E-state index in [1.807, 2.05) is 6.92 Å². The van der Waals surface area contributed by atoms with Gasteiger partial charge in [0.2, 0.25) is 0 Å². The van der Waals surface area contributed by atoms with Crippen LogP contribution in [0.5, 0.6) is 11.5 Å². The van der Waals surface area contributed by atoms with E-state index in [1.54, 1.807) is 18.2 Å². The first-order chi connectivity index (χ1) is 11.8. The molecule has 3 rings (SSSR count). The summed E-state index contributed by atoms with van der Waals surface area (Å²) in [5.74, 6) is -0.458. The van der Waals surface area contributed by atoms with Gasteiger partial charge in [0.15, 0.2) is 17.3 Å². The zero-order valence-electron chi connectivity index (χ0n) is 15.0. The first-order valence-electron chi connectivity index (χ1n) is 8.35. The number of phenolic OH excluding ortho intramolecular Hbond substituents is 1. The molecule has 1 aliphatic heterocycles. The number of allylic oxidation sites excluding steroid dienone is 2. The lowest BCUT2D eigenvalue weighted by atomic mass is 9.67. The number of methoxy groups -OCH3 is 1. The van der Waals surface area contributed by atoms with Gasteiger partial charge in [-0.25, -0.2) is 0 Å². The van der Waals surface area contributed by atoms with E-state index in [2.05, 4.69) is 24.9 Å². The lowest BCUT2D eigenvalue weighted by molar-refractivity contribution is -0.118. The molecule has 1 unspecified atom stereocenters. The number of ketones is 1. The standard InChI is InChI=1S/C20H22N2O3/c1-11-13(10-21)18(12-5-6-15(23)17(7-12)25-4)19-14(22-11)8-20(2,3)9-16(19)24/h5-7,13,18,23H,8-9H2,1-4H3/t13?,18-/m0/s1. The normalized spacial score (nSPS) is 25.1. The van der Waals surface area contributed by atoms with Crippen LogP contribution in [0, 0.1) is 22.7 Å². The van der Waals surface area contributed by atoms with Crippen LogP contribution in [-0.2, 0) is 4.79 Å². The van der Waals surface area contributed by atoms with E-state index in [1.165, 1.54) is 7.11 Å². The van der Waals surface area contributed by atoms with Gasteiger partial charge in [0.1, 0.15) is 0 Å². The Morgan fingerprint density at radius 2 is 2.08 bits per heavy atom. The molecule has 0 spiro atoms. The van der Waals surface area contributed by atoms with E-state index >= 15 is 0 Å². The number of aliphatic imine (C=N–C) groups is 1. The number of carbonyl (C=O) groups excluding carboxylic acids is 1. The Morgan fingerprint density at radius 1 is 1.36 bits per heavy atom. The molecule has 0 saturated carbocycles. The molecule has 1 N–H and O–H groups in total. The molecule has 2 atom stereocenters. The Morgan fingerprint density at radius 3 is 2.72 bits per heavy atom. The minimum Gasteiger partial charge on any atom is -0.504 e. The van der Waals surface area contributed by atoms with Crippen molar-refractivity contribution >= 4 is 11.5 Å². The lowest BCUT2D eigenvalue weighted by Crippen LogP contribution is -2.35. The number of carbonyl (C=O) groups is 1. The van der Waals surface area contributed by atoms with Crippen molar-refractivity contribution in [3.8, 4) is 17.6 Å². The van der Waals surface area contributed by atoms with Crippen LogP contribution in [0.15, 0.2) is 34.5 Å². The smallest absolute Gasteiger partial charge is 0.161 e. The second kappa shape index (κ2) is 6.03. The molecule has 0 radical (unpaired) electrons. The number of nitrogens with zero attached hydrogens (tertiary/aromatic N) is 2. The average Bonchev–Trinajstić information content (AvgIpc) is 2.53. The molecule has 0 fully saturated rings. The van der Waals surface area contributed by atoms with Crippen molar-refractivity contribution in [2.24, 2.45) is 16.3 Å². The number of aromatic hydroxyl groups is 1. The zero-order valence-corrected chi connectivity index (χ0v) is 15.0. The minimum absolute atomic E-state index is 0.0336. The zero-order chi connectivity index (χ0) is 18.4. The first-order valence-corrected chi connectivity index (χ1v) is 8.35. The van der Waals surface area contributed by atoms with E-state index in [-0.39, 0.29) is 22.9 Å². The number of ether oxygens (including phenoxy) is 1. The summed E-state index contributed by atoms with van der Waals surface area (Å²) in [7, 11) is 1.48. The van der Waals surface area contributed by atoms with Crippen molar-refractivity contribution in [2.45, 2.75) is 39.5 Å². The Balaban J connectivity index is 2.19. The molecule has 0 aromatic heterocycles. The van der Waals surface area contributed by atoms with Crippen LogP contribution in [-0.4, -0.2) is 23.7 Å². The molecule has 1 aliphatic carbocycles.